The van der Waals surface area contributed by atoms with Crippen LogP contribution in [0.15, 0.2) is 54.0 Å². The van der Waals surface area contributed by atoms with E-state index in [-0.39, 0.29) is 5.78 Å². The number of pyridine rings is 1. The fourth-order valence-electron chi connectivity index (χ4n) is 4.84. The molecule has 7 heteroatoms. The molecule has 4 aromatic rings. The van der Waals surface area contributed by atoms with Gasteiger partial charge in [-0.05, 0) is 75.0 Å². The zero-order chi connectivity index (χ0) is 23.7. The van der Waals surface area contributed by atoms with Crippen molar-refractivity contribution in [3.05, 3.63) is 70.9 Å². The lowest BCUT2D eigenvalue weighted by Gasteiger charge is -2.32. The number of hydrogen-bond acceptors (Lipinski definition) is 7. The minimum atomic E-state index is 0.0113. The van der Waals surface area contributed by atoms with Crippen LogP contribution in [0.5, 0.6) is 0 Å². The first-order chi connectivity index (χ1) is 16.5. The quantitative estimate of drug-likeness (QED) is 0.382. The Labute approximate surface area is 203 Å². The molecule has 0 amide bonds. The van der Waals surface area contributed by atoms with E-state index >= 15 is 0 Å². The number of nitrogen functional groups attached to an aromatic ring is 1. The molecule has 0 spiro atoms. The van der Waals surface area contributed by atoms with Gasteiger partial charge in [0.15, 0.2) is 11.6 Å². The molecule has 0 radical (unpaired) electrons. The van der Waals surface area contributed by atoms with Gasteiger partial charge in [0.25, 0.3) is 0 Å². The van der Waals surface area contributed by atoms with Crippen molar-refractivity contribution in [2.75, 3.05) is 19.8 Å². The largest absolute Gasteiger partial charge is 0.384 e. The first-order valence-corrected chi connectivity index (χ1v) is 12.6. The monoisotopic (exact) mass is 471 g/mol. The zero-order valence-electron chi connectivity index (χ0n) is 19.6. The Morgan fingerprint density at radius 1 is 1.09 bits per heavy atom. The van der Waals surface area contributed by atoms with E-state index in [1.807, 2.05) is 24.3 Å². The highest BCUT2D eigenvalue weighted by Crippen LogP contribution is 2.38. The average Bonchev–Trinajstić information content (AvgIpc) is 3.33. The van der Waals surface area contributed by atoms with Crippen LogP contribution in [0, 0.1) is 0 Å². The summed E-state index contributed by atoms with van der Waals surface area (Å²) >= 11 is 1.73. The van der Waals surface area contributed by atoms with E-state index in [2.05, 4.69) is 35.4 Å². The second kappa shape index (κ2) is 9.60. The van der Waals surface area contributed by atoms with Gasteiger partial charge in [-0.1, -0.05) is 18.2 Å². The molecule has 0 saturated heterocycles. The molecule has 6 nitrogen and oxygen atoms in total. The Morgan fingerprint density at radius 3 is 2.65 bits per heavy atom. The van der Waals surface area contributed by atoms with E-state index < -0.39 is 0 Å². The SMILES string of the molecule is CN(C)C1CCC(c2nc(-c3cccc(CC(=O)c4ccc(N)nc4)c3)nc3ccsc23)CC1. The van der Waals surface area contributed by atoms with Gasteiger partial charge in [0, 0.05) is 35.7 Å². The summed E-state index contributed by atoms with van der Waals surface area (Å²) in [5, 5.41) is 2.10. The number of benzene rings is 1. The van der Waals surface area contributed by atoms with Crippen molar-refractivity contribution in [3.8, 4) is 11.4 Å². The third kappa shape index (κ3) is 4.72. The van der Waals surface area contributed by atoms with Crippen LogP contribution in [0.4, 0.5) is 5.82 Å². The molecule has 3 heterocycles. The number of aromatic nitrogens is 3. The summed E-state index contributed by atoms with van der Waals surface area (Å²) in [4.78, 5) is 29.1. The molecule has 0 atom stereocenters. The number of hydrogen-bond donors (Lipinski definition) is 1. The topological polar surface area (TPSA) is 85.0 Å². The van der Waals surface area contributed by atoms with Crippen molar-refractivity contribution < 1.29 is 4.79 Å². The first kappa shape index (κ1) is 22.6. The fourth-order valence-corrected chi connectivity index (χ4v) is 5.74. The minimum absolute atomic E-state index is 0.0113. The molecular weight excluding hydrogens is 442 g/mol. The number of fused-ring (bicyclic) bond motifs is 1. The van der Waals surface area contributed by atoms with E-state index in [0.29, 0.717) is 29.8 Å². The molecule has 1 aromatic carbocycles. The zero-order valence-corrected chi connectivity index (χ0v) is 20.4. The highest BCUT2D eigenvalue weighted by Gasteiger charge is 2.27. The van der Waals surface area contributed by atoms with E-state index in [1.54, 1.807) is 23.5 Å². The number of thiophene rings is 1. The van der Waals surface area contributed by atoms with Crippen molar-refractivity contribution in [2.24, 2.45) is 0 Å². The number of carbonyl (C=O) groups excluding carboxylic acids is 1. The smallest absolute Gasteiger partial charge is 0.168 e. The lowest BCUT2D eigenvalue weighted by molar-refractivity contribution is 0.0992. The van der Waals surface area contributed by atoms with Crippen molar-refractivity contribution in [3.63, 3.8) is 0 Å². The molecule has 3 aromatic heterocycles. The molecule has 2 N–H and O–H groups in total. The van der Waals surface area contributed by atoms with Crippen LogP contribution < -0.4 is 5.73 Å². The molecule has 1 fully saturated rings. The van der Waals surface area contributed by atoms with Crippen LogP contribution in [0.1, 0.15) is 53.2 Å². The number of anilines is 1. The van der Waals surface area contributed by atoms with Crippen LogP contribution in [0.3, 0.4) is 0 Å². The summed E-state index contributed by atoms with van der Waals surface area (Å²) < 4.78 is 1.21. The van der Waals surface area contributed by atoms with Crippen LogP contribution in [-0.2, 0) is 6.42 Å². The molecule has 1 aliphatic carbocycles. The Hall–Kier alpha value is -3.16. The Kier molecular flexibility index (Phi) is 6.39. The van der Waals surface area contributed by atoms with Crippen LogP contribution in [0.2, 0.25) is 0 Å². The van der Waals surface area contributed by atoms with Crippen molar-refractivity contribution in [1.29, 1.82) is 0 Å². The predicted octanol–water partition coefficient (Wildman–Crippen LogP) is 5.35. The number of nitrogens with zero attached hydrogens (tertiary/aromatic N) is 4. The van der Waals surface area contributed by atoms with E-state index in [4.69, 9.17) is 15.7 Å². The summed E-state index contributed by atoms with van der Waals surface area (Å²) in [5.74, 6) is 1.61. The second-order valence-corrected chi connectivity index (χ2v) is 10.2. The average molecular weight is 472 g/mol. The predicted molar refractivity (Wildman–Crippen MR) is 138 cm³/mol. The summed E-state index contributed by atoms with van der Waals surface area (Å²) in [6.07, 6.45) is 6.52. The van der Waals surface area contributed by atoms with Crippen molar-refractivity contribution in [2.45, 2.75) is 44.1 Å². The molecular formula is C27H29N5OS. The molecule has 174 valence electrons. The molecule has 0 unspecified atom stereocenters. The maximum Gasteiger partial charge on any atom is 0.168 e. The lowest BCUT2D eigenvalue weighted by atomic mass is 9.83. The van der Waals surface area contributed by atoms with E-state index in [0.717, 1.165) is 35.3 Å². The Bertz CT molecular complexity index is 1310. The Morgan fingerprint density at radius 2 is 1.91 bits per heavy atom. The summed E-state index contributed by atoms with van der Waals surface area (Å²) in [5.41, 5.74) is 10.3. The number of Topliss-reactive ketones (excluding diaryl/α,β-unsaturated/α-hetero) is 1. The maximum absolute atomic E-state index is 12.7. The van der Waals surface area contributed by atoms with Gasteiger partial charge in [0.2, 0.25) is 0 Å². The molecule has 0 bridgehead atoms. The summed E-state index contributed by atoms with van der Waals surface area (Å²) in [6.45, 7) is 0. The van der Waals surface area contributed by atoms with Gasteiger partial charge in [-0.2, -0.15) is 0 Å². The summed E-state index contributed by atoms with van der Waals surface area (Å²) in [6, 6.07) is 14.1. The maximum atomic E-state index is 12.7. The minimum Gasteiger partial charge on any atom is -0.384 e. The van der Waals surface area contributed by atoms with Crippen LogP contribution in [0.25, 0.3) is 21.6 Å². The normalized spacial score (nSPS) is 18.4. The van der Waals surface area contributed by atoms with E-state index in [9.17, 15) is 4.79 Å². The van der Waals surface area contributed by atoms with Gasteiger partial charge in [-0.3, -0.25) is 4.79 Å². The van der Waals surface area contributed by atoms with Gasteiger partial charge in [-0.25, -0.2) is 15.0 Å². The fraction of sp³-hybridized carbons (Fsp3) is 0.333. The molecule has 1 aliphatic rings. The third-order valence-corrected chi connectivity index (χ3v) is 7.73. The molecule has 0 aliphatic heterocycles. The first-order valence-electron chi connectivity index (χ1n) is 11.7. The highest BCUT2D eigenvalue weighted by atomic mass is 32.1. The van der Waals surface area contributed by atoms with E-state index in [1.165, 1.54) is 29.4 Å². The molecule has 34 heavy (non-hydrogen) atoms. The summed E-state index contributed by atoms with van der Waals surface area (Å²) in [7, 11) is 4.35. The van der Waals surface area contributed by atoms with Crippen LogP contribution in [-0.4, -0.2) is 45.8 Å². The van der Waals surface area contributed by atoms with Crippen molar-refractivity contribution >= 4 is 33.2 Å². The van der Waals surface area contributed by atoms with Gasteiger partial charge < -0.3 is 10.6 Å². The second-order valence-electron chi connectivity index (χ2n) is 9.31. The van der Waals surface area contributed by atoms with Gasteiger partial charge in [0.1, 0.15) is 5.82 Å². The number of rotatable bonds is 6. The van der Waals surface area contributed by atoms with Crippen LogP contribution >= 0.6 is 11.3 Å². The third-order valence-electron chi connectivity index (χ3n) is 6.80. The standard InChI is InChI=1S/C27H29N5OS/c1-32(2)21-9-6-18(7-10-21)25-26-22(12-13-34-26)30-27(31-25)19-5-3-4-17(14-19)15-23(33)20-8-11-24(28)29-16-20/h3-5,8,11-14,16,18,21H,6-7,9-10,15H2,1-2H3,(H2,28,29). The van der Waals surface area contributed by atoms with Gasteiger partial charge >= 0.3 is 0 Å². The van der Waals surface area contributed by atoms with Crippen molar-refractivity contribution in [1.82, 2.24) is 19.9 Å². The Balaban J connectivity index is 1.42. The lowest BCUT2D eigenvalue weighted by Crippen LogP contribution is -2.31. The van der Waals surface area contributed by atoms with Gasteiger partial charge in [-0.15, -0.1) is 11.3 Å². The number of carbonyl (C=O) groups is 1. The molecule has 5 rings (SSSR count). The molecule has 1 saturated carbocycles. The number of ketones is 1. The van der Waals surface area contributed by atoms with Gasteiger partial charge in [0.05, 0.1) is 15.9 Å². The number of nitrogens with two attached hydrogens (primary N) is 1. The highest BCUT2D eigenvalue weighted by molar-refractivity contribution is 7.17.